The zero-order chi connectivity index (χ0) is 28.7. The fourth-order valence-electron chi connectivity index (χ4n) is 3.15. The lowest BCUT2D eigenvalue weighted by atomic mass is 9.92. The Labute approximate surface area is 221 Å². The predicted octanol–water partition coefficient (Wildman–Crippen LogP) is 1.59. The number of carboxylic acid groups (broad SMARTS) is 1. The molecule has 0 radical (unpaired) electrons. The number of aromatic nitrogens is 1. The van der Waals surface area contributed by atoms with Crippen LogP contribution in [0.4, 0.5) is 5.69 Å². The minimum atomic E-state index is -1.16. The first kappa shape index (κ1) is 32.1. The van der Waals surface area contributed by atoms with Crippen LogP contribution < -0.4 is 21.5 Å². The van der Waals surface area contributed by atoms with Gasteiger partial charge in [0, 0.05) is 25.2 Å². The van der Waals surface area contributed by atoms with Crippen molar-refractivity contribution < 1.29 is 33.8 Å². The van der Waals surface area contributed by atoms with E-state index in [1.165, 1.54) is 30.5 Å². The lowest BCUT2D eigenvalue weighted by molar-refractivity contribution is -0.139. The average molecular weight is 535 g/mol. The number of esters is 1. The molecule has 3 amide bonds. The smallest absolute Gasteiger partial charge is 0.330 e. The number of hydrogen-bond acceptors (Lipinski definition) is 7. The third-order valence-corrected chi connectivity index (χ3v) is 5.17. The van der Waals surface area contributed by atoms with E-state index in [1.807, 2.05) is 20.8 Å². The van der Waals surface area contributed by atoms with Crippen LogP contribution in [-0.2, 0) is 35.3 Å². The maximum atomic E-state index is 13.0. The normalized spacial score (nSPS) is 12.0. The molecular weight excluding hydrogens is 496 g/mol. The van der Waals surface area contributed by atoms with Crippen molar-refractivity contribution in [3.8, 4) is 0 Å². The summed E-state index contributed by atoms with van der Waals surface area (Å²) in [6.07, 6.45) is 4.40. The highest BCUT2D eigenvalue weighted by atomic mass is 16.5. The van der Waals surface area contributed by atoms with E-state index in [-0.39, 0.29) is 49.4 Å². The number of ether oxygens (including phenoxy) is 1. The Hall–Kier alpha value is -3.96. The summed E-state index contributed by atoms with van der Waals surface area (Å²) in [5, 5.41) is 16.5. The molecule has 0 fully saturated rings. The molecule has 1 aromatic rings. The quantitative estimate of drug-likeness (QED) is 0.194. The maximum absolute atomic E-state index is 13.0. The van der Waals surface area contributed by atoms with Gasteiger partial charge in [-0.1, -0.05) is 26.8 Å². The van der Waals surface area contributed by atoms with Crippen LogP contribution >= 0.6 is 0 Å². The van der Waals surface area contributed by atoms with Gasteiger partial charge in [0.25, 0.3) is 5.56 Å². The number of amides is 3. The van der Waals surface area contributed by atoms with E-state index in [1.54, 1.807) is 6.92 Å². The van der Waals surface area contributed by atoms with Gasteiger partial charge in [-0.3, -0.25) is 24.0 Å². The molecule has 1 atom stereocenters. The number of carbonyl (C=O) groups excluding carboxylic acids is 4. The van der Waals surface area contributed by atoms with Crippen LogP contribution in [0.5, 0.6) is 0 Å². The molecule has 4 N–H and O–H groups in total. The molecule has 12 heteroatoms. The first-order valence-corrected chi connectivity index (χ1v) is 12.4. The van der Waals surface area contributed by atoms with Gasteiger partial charge in [0.1, 0.15) is 18.3 Å². The SMILES string of the molecule is CCOC(=O)C=CCCC(NC(=O)CCC(=O)O)C(=O)Nc1cccn(CC(=O)NCCC(C)(C)C)c1=O. The van der Waals surface area contributed by atoms with Crippen molar-refractivity contribution >= 4 is 35.3 Å². The van der Waals surface area contributed by atoms with E-state index in [0.29, 0.717) is 6.54 Å². The molecule has 12 nitrogen and oxygen atoms in total. The second-order valence-corrected chi connectivity index (χ2v) is 9.75. The number of aliphatic carboxylic acids is 1. The Bertz CT molecular complexity index is 1070. The highest BCUT2D eigenvalue weighted by molar-refractivity contribution is 5.97. The Balaban J connectivity index is 2.91. The fraction of sp³-hybridized carbons (Fsp3) is 0.538. The molecule has 0 saturated heterocycles. The molecule has 0 aliphatic heterocycles. The van der Waals surface area contributed by atoms with Crippen molar-refractivity contribution in [1.29, 1.82) is 0 Å². The van der Waals surface area contributed by atoms with Gasteiger partial charge in [0.15, 0.2) is 0 Å². The highest BCUT2D eigenvalue weighted by Gasteiger charge is 2.22. The number of hydrogen-bond donors (Lipinski definition) is 4. The maximum Gasteiger partial charge on any atom is 0.330 e. The summed E-state index contributed by atoms with van der Waals surface area (Å²) in [7, 11) is 0. The molecule has 0 saturated carbocycles. The molecule has 1 unspecified atom stereocenters. The third-order valence-electron chi connectivity index (χ3n) is 5.17. The summed E-state index contributed by atoms with van der Waals surface area (Å²) in [5.41, 5.74) is -0.653. The number of carboxylic acids is 1. The largest absolute Gasteiger partial charge is 0.481 e. The summed E-state index contributed by atoms with van der Waals surface area (Å²) in [6.45, 7) is 8.25. The summed E-state index contributed by atoms with van der Waals surface area (Å²) in [6, 6.07) is 1.76. The number of carbonyl (C=O) groups is 5. The first-order valence-electron chi connectivity index (χ1n) is 12.4. The third kappa shape index (κ3) is 13.4. The van der Waals surface area contributed by atoms with E-state index >= 15 is 0 Å². The Morgan fingerprint density at radius 1 is 1.13 bits per heavy atom. The summed E-state index contributed by atoms with van der Waals surface area (Å²) < 4.78 is 5.94. The van der Waals surface area contributed by atoms with Gasteiger partial charge in [-0.25, -0.2) is 4.79 Å². The molecule has 0 bridgehead atoms. The zero-order valence-corrected chi connectivity index (χ0v) is 22.4. The van der Waals surface area contributed by atoms with Crippen LogP contribution in [0, 0.1) is 5.41 Å². The lowest BCUT2D eigenvalue weighted by Gasteiger charge is -2.19. The zero-order valence-electron chi connectivity index (χ0n) is 22.4. The molecule has 38 heavy (non-hydrogen) atoms. The standard InChI is InChI=1S/C26H38N4O8/c1-5-38-23(35)11-7-6-9-18(28-20(31)12-13-22(33)34)24(36)29-19-10-8-16-30(25(19)37)17-21(32)27-15-14-26(2,3)4/h7-8,10-11,16,18H,5-6,9,12-15,17H2,1-4H3,(H,27,32)(H,28,31)(H,29,36)(H,33,34). The van der Waals surface area contributed by atoms with Gasteiger partial charge < -0.3 is 30.4 Å². The number of nitrogens with one attached hydrogen (secondary N) is 3. The van der Waals surface area contributed by atoms with Gasteiger partial charge in [-0.15, -0.1) is 0 Å². The number of anilines is 1. The lowest BCUT2D eigenvalue weighted by Crippen LogP contribution is -2.44. The number of rotatable bonds is 15. The van der Waals surface area contributed by atoms with E-state index in [9.17, 15) is 28.8 Å². The van der Waals surface area contributed by atoms with Crippen LogP contribution in [0.25, 0.3) is 0 Å². The Morgan fingerprint density at radius 2 is 1.84 bits per heavy atom. The summed E-state index contributed by atoms with van der Waals surface area (Å²) in [4.78, 5) is 72.5. The minimum absolute atomic E-state index is 0.0442. The summed E-state index contributed by atoms with van der Waals surface area (Å²) >= 11 is 0. The van der Waals surface area contributed by atoms with Gasteiger partial charge in [0.05, 0.1) is 13.0 Å². The van der Waals surface area contributed by atoms with E-state index in [4.69, 9.17) is 9.84 Å². The molecule has 1 rings (SSSR count). The molecular formula is C26H38N4O8. The number of nitrogens with zero attached hydrogens (tertiary/aromatic N) is 1. The fourth-order valence-corrected chi connectivity index (χ4v) is 3.15. The summed E-state index contributed by atoms with van der Waals surface area (Å²) in [5.74, 6) is -3.42. The molecule has 210 valence electrons. The van der Waals surface area contributed by atoms with E-state index in [0.717, 1.165) is 11.0 Å². The number of pyridine rings is 1. The van der Waals surface area contributed by atoms with Crippen molar-refractivity contribution in [2.45, 2.75) is 72.4 Å². The van der Waals surface area contributed by atoms with Gasteiger partial charge in [-0.2, -0.15) is 0 Å². The molecule has 0 aromatic carbocycles. The van der Waals surface area contributed by atoms with E-state index < -0.39 is 41.8 Å². The highest BCUT2D eigenvalue weighted by Crippen LogP contribution is 2.16. The van der Waals surface area contributed by atoms with Crippen LogP contribution in [-0.4, -0.2) is 58.5 Å². The Morgan fingerprint density at radius 3 is 2.47 bits per heavy atom. The predicted molar refractivity (Wildman–Crippen MR) is 140 cm³/mol. The van der Waals surface area contributed by atoms with Gasteiger partial charge >= 0.3 is 11.9 Å². The van der Waals surface area contributed by atoms with Crippen LogP contribution in [0.2, 0.25) is 0 Å². The molecule has 0 spiro atoms. The van der Waals surface area contributed by atoms with Crippen LogP contribution in [0.15, 0.2) is 35.3 Å². The molecule has 1 aromatic heterocycles. The molecule has 0 aliphatic rings. The monoisotopic (exact) mass is 534 g/mol. The van der Waals surface area contributed by atoms with Crippen LogP contribution in [0.1, 0.15) is 59.8 Å². The Kier molecular flexibility index (Phi) is 13.5. The van der Waals surface area contributed by atoms with Gasteiger partial charge in [-0.05, 0) is 43.7 Å². The molecule has 0 aliphatic carbocycles. The van der Waals surface area contributed by atoms with Crippen molar-refractivity contribution in [2.75, 3.05) is 18.5 Å². The van der Waals surface area contributed by atoms with Crippen molar-refractivity contribution in [3.63, 3.8) is 0 Å². The van der Waals surface area contributed by atoms with Crippen molar-refractivity contribution in [2.24, 2.45) is 5.41 Å². The van der Waals surface area contributed by atoms with Gasteiger partial charge in [0.2, 0.25) is 17.7 Å². The average Bonchev–Trinajstić information content (AvgIpc) is 2.81. The minimum Gasteiger partial charge on any atom is -0.481 e. The second kappa shape index (κ2) is 16.0. The number of allylic oxidation sites excluding steroid dienone is 1. The van der Waals surface area contributed by atoms with Crippen molar-refractivity contribution in [1.82, 2.24) is 15.2 Å². The second-order valence-electron chi connectivity index (χ2n) is 9.75. The first-order chi connectivity index (χ1) is 17.8. The van der Waals surface area contributed by atoms with Crippen LogP contribution in [0.3, 0.4) is 0 Å². The van der Waals surface area contributed by atoms with Crippen molar-refractivity contribution in [3.05, 3.63) is 40.8 Å². The van der Waals surface area contributed by atoms with E-state index in [2.05, 4.69) is 16.0 Å². The molecule has 1 heterocycles. The topological polar surface area (TPSA) is 173 Å².